The van der Waals surface area contributed by atoms with Crippen LogP contribution in [0.15, 0.2) is 157 Å². The van der Waals surface area contributed by atoms with E-state index in [-0.39, 0.29) is 137 Å². The van der Waals surface area contributed by atoms with Crippen molar-refractivity contribution in [2.75, 3.05) is 47.3 Å². The van der Waals surface area contributed by atoms with Crippen molar-refractivity contribution in [2.45, 2.75) is 78.7 Å². The summed E-state index contributed by atoms with van der Waals surface area (Å²) >= 11 is 0. The molecule has 32 nitrogen and oxygen atoms in total. The Kier molecular flexibility index (Phi) is 19.6. The quantitative estimate of drug-likeness (QED) is 0.0313. The fraction of sp³-hybridized carbons (Fsp3) is 0.261. The Morgan fingerprint density at radius 3 is 1.04 bits per heavy atom. The van der Waals surface area contributed by atoms with Crippen LogP contribution in [0.1, 0.15) is 93.6 Å². The van der Waals surface area contributed by atoms with Crippen molar-refractivity contribution in [3.8, 4) is 52.6 Å². The molecule has 8 N–H and O–H groups in total. The van der Waals surface area contributed by atoms with Crippen LogP contribution >= 0.6 is 0 Å². The monoisotopic (exact) mass is 1460 g/mol. The van der Waals surface area contributed by atoms with Gasteiger partial charge in [0.25, 0.3) is 11.8 Å². The van der Waals surface area contributed by atoms with Crippen molar-refractivity contribution in [1.29, 1.82) is 15.8 Å². The molecule has 3 aliphatic rings. The molecule has 0 saturated heterocycles. The number of oxazole rings is 3. The van der Waals surface area contributed by atoms with Crippen LogP contribution in [-0.4, -0.2) is 152 Å². The minimum atomic E-state index is -3.60. The van der Waals surface area contributed by atoms with E-state index in [9.17, 15) is 39.6 Å². The number of hydrogen-bond acceptors (Lipinski definition) is 27. The Labute approximate surface area is 592 Å². The number of H-pyrrole nitrogens is 3. The highest BCUT2D eigenvalue weighted by molar-refractivity contribution is 7.91. The molecule has 12 heterocycles. The van der Waals surface area contributed by atoms with Crippen LogP contribution in [0.5, 0.6) is 0 Å². The summed E-state index contributed by atoms with van der Waals surface area (Å²) in [6, 6.07) is 19.9. The molecule has 104 heavy (non-hydrogen) atoms. The third-order valence-electron chi connectivity index (χ3n) is 17.9. The lowest BCUT2D eigenvalue weighted by Gasteiger charge is -2.36. The Morgan fingerprint density at radius 2 is 0.760 bits per heavy atom. The van der Waals surface area contributed by atoms with Gasteiger partial charge in [-0.2, -0.15) is 15.8 Å². The molecule has 0 atom stereocenters. The molecule has 35 heteroatoms. The normalized spacial score (nSPS) is 17.6. The number of rotatable bonds is 21. The molecule has 3 fully saturated rings. The molecule has 0 unspecified atom stereocenters. The van der Waals surface area contributed by atoms with Crippen molar-refractivity contribution in [3.05, 3.63) is 163 Å². The molecule has 3 saturated carbocycles. The Balaban J connectivity index is 0.000000139. The first-order chi connectivity index (χ1) is 50.1. The Bertz CT molecular complexity index is 5550. The maximum Gasteiger partial charge on any atom is 0.272 e. The smallest absolute Gasteiger partial charge is 0.272 e. The number of nitrogens with one attached hydrogen (secondary N) is 8. The van der Waals surface area contributed by atoms with Gasteiger partial charge in [0.1, 0.15) is 41.4 Å². The van der Waals surface area contributed by atoms with Crippen LogP contribution in [0.2, 0.25) is 0 Å². The van der Waals surface area contributed by atoms with Crippen LogP contribution in [0, 0.1) is 51.7 Å². The number of sulfone groups is 3. The van der Waals surface area contributed by atoms with E-state index in [2.05, 4.69) is 86.4 Å². The van der Waals surface area contributed by atoms with Gasteiger partial charge in [-0.05, 0) is 111 Å². The molecule has 12 aromatic heterocycles. The van der Waals surface area contributed by atoms with E-state index in [1.54, 1.807) is 37.2 Å². The molecule has 528 valence electrons. The maximum absolute atomic E-state index is 12.8. The molecule has 0 spiro atoms. The number of Topliss-reactive ketones (excluding diaryl/α,β-unsaturated/α-hetero) is 1. The molecule has 15 rings (SSSR count). The number of ketones is 1. The van der Waals surface area contributed by atoms with Crippen molar-refractivity contribution < 1.29 is 52.9 Å². The number of anilines is 3. The summed E-state index contributed by atoms with van der Waals surface area (Å²) in [5.74, 6) is -0.347. The molecule has 0 aliphatic heterocycles. The lowest BCUT2D eigenvalue weighted by atomic mass is 9.81. The van der Waals surface area contributed by atoms with E-state index < -0.39 is 29.5 Å². The third kappa shape index (κ3) is 14.9. The first-order valence-corrected chi connectivity index (χ1v) is 37.3. The zero-order chi connectivity index (χ0) is 73.0. The second-order valence-electron chi connectivity index (χ2n) is 25.1. The van der Waals surface area contributed by atoms with Crippen LogP contribution in [0.4, 0.5) is 17.1 Å². The van der Waals surface area contributed by atoms with Crippen LogP contribution < -0.4 is 26.6 Å². The summed E-state index contributed by atoms with van der Waals surface area (Å²) in [7, 11) is -7.77. The van der Waals surface area contributed by atoms with Crippen molar-refractivity contribution in [3.63, 3.8) is 0 Å². The number of fused-ring (bicyclic) bond motifs is 3. The summed E-state index contributed by atoms with van der Waals surface area (Å²) in [6.45, 7) is 1.42. The van der Waals surface area contributed by atoms with Gasteiger partial charge in [0.2, 0.25) is 17.7 Å². The Morgan fingerprint density at radius 1 is 0.462 bits per heavy atom. The van der Waals surface area contributed by atoms with Gasteiger partial charge in [0, 0.05) is 111 Å². The first-order valence-electron chi connectivity index (χ1n) is 32.4. The number of aromatic nitrogens is 12. The van der Waals surface area contributed by atoms with Crippen molar-refractivity contribution in [2.24, 2.45) is 17.8 Å². The van der Waals surface area contributed by atoms with Gasteiger partial charge in [-0.25, -0.2) is 70.1 Å². The number of amides is 2. The van der Waals surface area contributed by atoms with E-state index in [1.165, 1.54) is 94.8 Å². The predicted octanol–water partition coefficient (Wildman–Crippen LogP) is 8.37. The van der Waals surface area contributed by atoms with Gasteiger partial charge in [0.15, 0.2) is 61.8 Å². The highest BCUT2D eigenvalue weighted by Crippen LogP contribution is 2.42. The third-order valence-corrected chi connectivity index (χ3v) is 23.2. The summed E-state index contributed by atoms with van der Waals surface area (Å²) in [5, 5.41) is 44.8. The van der Waals surface area contributed by atoms with Gasteiger partial charge in [0.05, 0.1) is 85.9 Å². The molecule has 2 amide bonds. The van der Waals surface area contributed by atoms with E-state index in [4.69, 9.17) is 29.0 Å². The zero-order valence-corrected chi connectivity index (χ0v) is 57.9. The number of aromatic amines is 3. The van der Waals surface area contributed by atoms with Gasteiger partial charge < -0.3 is 54.8 Å². The van der Waals surface area contributed by atoms with Crippen molar-refractivity contribution >= 4 is 97.3 Å². The maximum atomic E-state index is 12.8. The molecule has 0 radical (unpaired) electrons. The van der Waals surface area contributed by atoms with E-state index in [0.717, 1.165) is 33.2 Å². The minimum absolute atomic E-state index is 0.0289. The average molecular weight is 1460 g/mol. The van der Waals surface area contributed by atoms with Gasteiger partial charge in [-0.1, -0.05) is 0 Å². The first kappa shape index (κ1) is 69.9. The molecule has 0 bridgehead atoms. The predicted molar refractivity (Wildman–Crippen MR) is 375 cm³/mol. The lowest BCUT2D eigenvalue weighted by molar-refractivity contribution is 0.0950. The van der Waals surface area contributed by atoms with E-state index in [1.807, 2.05) is 36.4 Å². The summed E-state index contributed by atoms with van der Waals surface area (Å²) in [5.41, 5.74) is 7.45. The molecule has 0 aromatic carbocycles. The minimum Gasteiger partial charge on any atom is -0.444 e. The fourth-order valence-electron chi connectivity index (χ4n) is 12.5. The summed E-state index contributed by atoms with van der Waals surface area (Å²) in [6.07, 6.45) is 22.0. The van der Waals surface area contributed by atoms with Crippen LogP contribution in [0.25, 0.3) is 67.5 Å². The standard InChI is InChI=1S/2C23H21N7O4S.C23H20N6O4S/c2*1-25-22(31)18-11-34-23(30-18)17-10-28-21-16(3-5-27-21)20(17)29-15-6-14(7-15)12-35(32,33)19-8-13(9-24)2-4-26-19;1-13(30)19-11-33-23(29-19)18-10-27-22-17(3-5-26-22)21(18)28-16-6-15(7-16)12-34(31,32)20-8-14(9-24)2-4-25-20/h2*2-5,8,10-11,14-15H,6-7,12H2,1H3,(H,25,31)(H2,27,28,29);2-5,8,10-11,15-16H,6-7,12H2,1H3,(H2,26,27,28). The molecular formula is C69H62N20O12S3. The SMILES string of the molecule is CC(=O)c1coc(-c2cnc3[nH]ccc3c2NC2CC(CS(=O)(=O)c3cc(C#N)ccn3)C2)n1.CNC(=O)c1coc(-c2cnc3[nH]ccc3c2NC2CC(CS(=O)(=O)c3cc(C#N)ccn3)C2)n1.CNC(=O)c1coc(-c2cnc3[nH]ccc3c2NC2CC(CS(=O)(=O)c3cc(C#N)ccn3)C2)n1. The second-order valence-corrected chi connectivity index (χ2v) is 31.0. The van der Waals surface area contributed by atoms with Gasteiger partial charge in [-0.15, -0.1) is 0 Å². The van der Waals surface area contributed by atoms with E-state index in [0.29, 0.717) is 72.2 Å². The average Bonchev–Trinajstić information content (AvgIpc) is 1.43. The number of carbonyl (C=O) groups excluding carboxylic acids is 3. The summed E-state index contributed by atoms with van der Waals surface area (Å²) < 4.78 is 93.2. The van der Waals surface area contributed by atoms with Gasteiger partial charge in [-0.3, -0.25) is 14.4 Å². The molecular weight excluding hydrogens is 1400 g/mol. The zero-order valence-electron chi connectivity index (χ0n) is 55.4. The Hall–Kier alpha value is -12.5. The van der Waals surface area contributed by atoms with E-state index >= 15 is 0 Å². The number of nitriles is 3. The highest BCUT2D eigenvalue weighted by Gasteiger charge is 2.38. The lowest BCUT2D eigenvalue weighted by Crippen LogP contribution is -2.39. The number of pyridine rings is 6. The molecule has 3 aliphatic carbocycles. The topological polar surface area (TPSA) is 488 Å². The second kappa shape index (κ2) is 29.2. The number of carbonyl (C=O) groups is 3. The number of nitrogens with zero attached hydrogens (tertiary/aromatic N) is 12. The number of hydrogen-bond donors (Lipinski definition) is 8. The summed E-state index contributed by atoms with van der Waals surface area (Å²) in [4.78, 5) is 82.5. The van der Waals surface area contributed by atoms with Crippen LogP contribution in [-0.2, 0) is 29.5 Å². The molecule has 12 aromatic rings. The fourth-order valence-corrected chi connectivity index (χ4v) is 17.3. The van der Waals surface area contributed by atoms with Crippen molar-refractivity contribution in [1.82, 2.24) is 70.4 Å². The largest absolute Gasteiger partial charge is 0.444 e. The highest BCUT2D eigenvalue weighted by atomic mass is 32.2. The van der Waals surface area contributed by atoms with Gasteiger partial charge >= 0.3 is 0 Å². The van der Waals surface area contributed by atoms with Crippen LogP contribution in [0.3, 0.4) is 0 Å².